The smallest absolute Gasteiger partial charge is 0.337 e. The SMILES string of the molecule is CCCC(=O)N(CC1CCCO1)C1CC(=O)N(c2ccc(C(=O)OC)cc2)C1=O. The second kappa shape index (κ2) is 9.17. The van der Waals surface area contributed by atoms with Crippen molar-refractivity contribution in [2.45, 2.75) is 51.2 Å². The molecule has 8 nitrogen and oxygen atoms in total. The van der Waals surface area contributed by atoms with Crippen molar-refractivity contribution in [3.8, 4) is 0 Å². The Balaban J connectivity index is 1.80. The largest absolute Gasteiger partial charge is 0.465 e. The summed E-state index contributed by atoms with van der Waals surface area (Å²) in [6.45, 7) is 2.87. The third-order valence-corrected chi connectivity index (χ3v) is 5.25. The van der Waals surface area contributed by atoms with E-state index in [1.54, 1.807) is 0 Å². The summed E-state index contributed by atoms with van der Waals surface area (Å²) >= 11 is 0. The van der Waals surface area contributed by atoms with Crippen LogP contribution in [0.15, 0.2) is 24.3 Å². The van der Waals surface area contributed by atoms with Crippen molar-refractivity contribution in [1.29, 1.82) is 0 Å². The quantitative estimate of drug-likeness (QED) is 0.511. The molecule has 156 valence electrons. The van der Waals surface area contributed by atoms with E-state index in [1.165, 1.54) is 36.3 Å². The number of ether oxygens (including phenoxy) is 2. The fraction of sp³-hybridized carbons (Fsp3) is 0.524. The van der Waals surface area contributed by atoms with E-state index in [0.29, 0.717) is 37.2 Å². The predicted molar refractivity (Wildman–Crippen MR) is 104 cm³/mol. The van der Waals surface area contributed by atoms with Gasteiger partial charge in [0.1, 0.15) is 6.04 Å². The molecule has 2 aliphatic heterocycles. The molecule has 2 aliphatic rings. The van der Waals surface area contributed by atoms with E-state index < -0.39 is 17.9 Å². The van der Waals surface area contributed by atoms with Crippen LogP contribution in [-0.4, -0.2) is 61.0 Å². The maximum absolute atomic E-state index is 13.1. The molecule has 0 aliphatic carbocycles. The van der Waals surface area contributed by atoms with E-state index in [1.807, 2.05) is 6.92 Å². The van der Waals surface area contributed by atoms with Crippen molar-refractivity contribution in [2.24, 2.45) is 0 Å². The Labute approximate surface area is 169 Å². The summed E-state index contributed by atoms with van der Waals surface area (Å²) in [5, 5.41) is 0. The Morgan fingerprint density at radius 1 is 1.24 bits per heavy atom. The predicted octanol–water partition coefficient (Wildman–Crippen LogP) is 1.91. The standard InChI is InChI=1S/C21H26N2O6/c1-3-5-18(24)22(13-16-6-4-11-29-16)17-12-19(25)23(20(17)26)15-9-7-14(8-10-15)21(27)28-2/h7-10,16-17H,3-6,11-13H2,1-2H3. The van der Waals surface area contributed by atoms with Crippen molar-refractivity contribution >= 4 is 29.4 Å². The van der Waals surface area contributed by atoms with Gasteiger partial charge in [-0.1, -0.05) is 6.92 Å². The number of hydrogen-bond donors (Lipinski definition) is 0. The number of methoxy groups -OCH3 is 1. The Hall–Kier alpha value is -2.74. The summed E-state index contributed by atoms with van der Waals surface area (Å²) < 4.78 is 10.3. The molecule has 0 aromatic heterocycles. The second-order valence-corrected chi connectivity index (χ2v) is 7.26. The number of esters is 1. The Bertz CT molecular complexity index is 785. The summed E-state index contributed by atoms with van der Waals surface area (Å²) in [5.41, 5.74) is 0.695. The lowest BCUT2D eigenvalue weighted by molar-refractivity contribution is -0.140. The Morgan fingerprint density at radius 2 is 1.97 bits per heavy atom. The first-order chi connectivity index (χ1) is 14.0. The molecule has 2 saturated heterocycles. The lowest BCUT2D eigenvalue weighted by Crippen LogP contribution is -2.48. The van der Waals surface area contributed by atoms with Gasteiger partial charge in [-0.15, -0.1) is 0 Å². The van der Waals surface area contributed by atoms with Crippen LogP contribution >= 0.6 is 0 Å². The minimum absolute atomic E-state index is 0.0558. The van der Waals surface area contributed by atoms with Crippen LogP contribution in [0.2, 0.25) is 0 Å². The van der Waals surface area contributed by atoms with Gasteiger partial charge in [-0.2, -0.15) is 0 Å². The zero-order chi connectivity index (χ0) is 21.0. The number of rotatable bonds is 7. The number of amides is 3. The van der Waals surface area contributed by atoms with Crippen molar-refractivity contribution < 1.29 is 28.7 Å². The number of carbonyl (C=O) groups excluding carboxylic acids is 4. The molecule has 2 heterocycles. The minimum atomic E-state index is -0.828. The van der Waals surface area contributed by atoms with Gasteiger partial charge in [0.05, 0.1) is 30.9 Å². The number of anilines is 1. The third kappa shape index (κ3) is 4.48. The van der Waals surface area contributed by atoms with Crippen LogP contribution in [0.3, 0.4) is 0 Å². The summed E-state index contributed by atoms with van der Waals surface area (Å²) in [5.74, 6) is -1.44. The van der Waals surface area contributed by atoms with E-state index in [-0.39, 0.29) is 24.3 Å². The van der Waals surface area contributed by atoms with Gasteiger partial charge in [0.15, 0.2) is 0 Å². The zero-order valence-corrected chi connectivity index (χ0v) is 16.8. The van der Waals surface area contributed by atoms with Gasteiger partial charge in [0, 0.05) is 19.6 Å². The average Bonchev–Trinajstić information content (AvgIpc) is 3.33. The molecule has 1 aromatic rings. The molecular formula is C21H26N2O6. The molecule has 0 radical (unpaired) electrons. The van der Waals surface area contributed by atoms with Gasteiger partial charge in [-0.3, -0.25) is 14.4 Å². The van der Waals surface area contributed by atoms with Crippen LogP contribution in [0.5, 0.6) is 0 Å². The molecule has 29 heavy (non-hydrogen) atoms. The van der Waals surface area contributed by atoms with Crippen molar-refractivity contribution in [3.05, 3.63) is 29.8 Å². The Morgan fingerprint density at radius 3 is 2.55 bits per heavy atom. The first-order valence-corrected chi connectivity index (χ1v) is 9.92. The van der Waals surface area contributed by atoms with Crippen LogP contribution in [0.25, 0.3) is 0 Å². The molecule has 3 amide bonds. The molecular weight excluding hydrogens is 376 g/mol. The topological polar surface area (TPSA) is 93.2 Å². The van der Waals surface area contributed by atoms with Gasteiger partial charge < -0.3 is 14.4 Å². The highest BCUT2D eigenvalue weighted by Gasteiger charge is 2.44. The van der Waals surface area contributed by atoms with E-state index in [4.69, 9.17) is 4.74 Å². The number of benzene rings is 1. The molecule has 0 N–H and O–H groups in total. The van der Waals surface area contributed by atoms with Gasteiger partial charge in [0.25, 0.3) is 5.91 Å². The molecule has 8 heteroatoms. The van der Waals surface area contributed by atoms with E-state index >= 15 is 0 Å². The molecule has 2 fully saturated rings. The molecule has 0 bridgehead atoms. The molecule has 3 rings (SSSR count). The molecule has 2 unspecified atom stereocenters. The number of hydrogen-bond acceptors (Lipinski definition) is 6. The monoisotopic (exact) mass is 402 g/mol. The van der Waals surface area contributed by atoms with Crippen molar-refractivity contribution in [3.63, 3.8) is 0 Å². The van der Waals surface area contributed by atoms with Crippen molar-refractivity contribution in [2.75, 3.05) is 25.2 Å². The van der Waals surface area contributed by atoms with E-state index in [9.17, 15) is 19.2 Å². The summed E-state index contributed by atoms with van der Waals surface area (Å²) in [6.07, 6.45) is 2.58. The minimum Gasteiger partial charge on any atom is -0.465 e. The number of nitrogens with zero attached hydrogens (tertiary/aromatic N) is 2. The van der Waals surface area contributed by atoms with E-state index in [0.717, 1.165) is 17.7 Å². The third-order valence-electron chi connectivity index (χ3n) is 5.25. The fourth-order valence-electron chi connectivity index (χ4n) is 3.76. The van der Waals surface area contributed by atoms with Gasteiger partial charge in [0.2, 0.25) is 11.8 Å². The first-order valence-electron chi connectivity index (χ1n) is 9.92. The lowest BCUT2D eigenvalue weighted by atomic mass is 10.1. The second-order valence-electron chi connectivity index (χ2n) is 7.26. The number of carbonyl (C=O) groups is 4. The fourth-order valence-corrected chi connectivity index (χ4v) is 3.76. The van der Waals surface area contributed by atoms with Crippen LogP contribution in [-0.2, 0) is 23.9 Å². The zero-order valence-electron chi connectivity index (χ0n) is 16.8. The maximum Gasteiger partial charge on any atom is 0.337 e. The molecule has 1 aromatic carbocycles. The highest BCUT2D eigenvalue weighted by molar-refractivity contribution is 6.23. The first kappa shape index (κ1) is 21.0. The van der Waals surface area contributed by atoms with Crippen LogP contribution in [0.1, 0.15) is 49.4 Å². The maximum atomic E-state index is 13.1. The van der Waals surface area contributed by atoms with Crippen LogP contribution < -0.4 is 4.90 Å². The summed E-state index contributed by atoms with van der Waals surface area (Å²) in [4.78, 5) is 52.6. The summed E-state index contributed by atoms with van der Waals surface area (Å²) in [6, 6.07) is 5.24. The van der Waals surface area contributed by atoms with Gasteiger partial charge >= 0.3 is 5.97 Å². The molecule has 0 spiro atoms. The number of imide groups is 1. The highest BCUT2D eigenvalue weighted by Crippen LogP contribution is 2.28. The molecule has 2 atom stereocenters. The van der Waals surface area contributed by atoms with Crippen molar-refractivity contribution in [1.82, 2.24) is 4.90 Å². The van der Waals surface area contributed by atoms with Crippen LogP contribution in [0.4, 0.5) is 5.69 Å². The Kier molecular flexibility index (Phi) is 6.64. The lowest BCUT2D eigenvalue weighted by Gasteiger charge is -2.29. The van der Waals surface area contributed by atoms with Crippen LogP contribution in [0, 0.1) is 0 Å². The highest BCUT2D eigenvalue weighted by atomic mass is 16.5. The normalized spacial score (nSPS) is 21.5. The van der Waals surface area contributed by atoms with E-state index in [2.05, 4.69) is 4.74 Å². The van der Waals surface area contributed by atoms with Gasteiger partial charge in [-0.25, -0.2) is 9.69 Å². The molecule has 0 saturated carbocycles. The summed E-state index contributed by atoms with van der Waals surface area (Å²) in [7, 11) is 1.28. The average molecular weight is 402 g/mol. The van der Waals surface area contributed by atoms with Gasteiger partial charge in [-0.05, 0) is 43.5 Å².